The zero-order chi connectivity index (χ0) is 60.7. The normalized spacial score (nSPS) is 12.9. The summed E-state index contributed by atoms with van der Waals surface area (Å²) in [4.78, 5) is 0. The fourth-order valence-corrected chi connectivity index (χ4v) is 8.39. The molecule has 0 heterocycles. The Bertz CT molecular complexity index is 2220. The van der Waals surface area contributed by atoms with Crippen molar-refractivity contribution in [3.8, 4) is 17.2 Å². The Balaban J connectivity index is 0.000000473. The highest BCUT2D eigenvalue weighted by atomic mass is 16.3. The van der Waals surface area contributed by atoms with Gasteiger partial charge in [0.2, 0.25) is 0 Å². The third-order valence-electron chi connectivity index (χ3n) is 16.5. The summed E-state index contributed by atoms with van der Waals surface area (Å²) >= 11 is 0. The van der Waals surface area contributed by atoms with Gasteiger partial charge in [0, 0.05) is 0 Å². The average molecular weight is 1100 g/mol. The zero-order valence-corrected chi connectivity index (χ0v) is 54.3. The summed E-state index contributed by atoms with van der Waals surface area (Å²) in [6.07, 6.45) is 12.9. The first kappa shape index (κ1) is 73.0. The van der Waals surface area contributed by atoms with E-state index in [1.54, 1.807) is 36.4 Å². The fraction of sp³-hybridized carbons (Fsp3) is 0.462. The minimum atomic E-state index is 0.344. The van der Waals surface area contributed by atoms with Crippen LogP contribution >= 0.6 is 0 Å². The van der Waals surface area contributed by atoms with Crippen LogP contribution < -0.4 is 0 Å². The second-order valence-corrected chi connectivity index (χ2v) is 22.3. The van der Waals surface area contributed by atoms with Crippen LogP contribution in [0.1, 0.15) is 272 Å². The Labute approximate surface area is 497 Å². The standard InChI is InChI=1S/4C12H18.3C10H14O/c4*1-4-10(3)12-8-6-11(5-2)7-9-12;3*1-3-8(2)9-4-6-10(11)7-5-9/h4*6-10H,4-5H2,1-3H3;3*4-8,11H,3H2,1-2H3. The van der Waals surface area contributed by atoms with Crippen molar-refractivity contribution in [2.45, 2.75) is 237 Å². The Kier molecular flexibility index (Phi) is 38.5. The van der Waals surface area contributed by atoms with Crippen LogP contribution in [-0.2, 0) is 25.7 Å². The van der Waals surface area contributed by atoms with Crippen LogP contribution in [0.3, 0.4) is 0 Å². The molecule has 81 heavy (non-hydrogen) atoms. The van der Waals surface area contributed by atoms with Crippen molar-refractivity contribution in [2.75, 3.05) is 0 Å². The van der Waals surface area contributed by atoms with Crippen molar-refractivity contribution in [3.63, 3.8) is 0 Å². The van der Waals surface area contributed by atoms with E-state index in [2.05, 4.69) is 222 Å². The highest BCUT2D eigenvalue weighted by Gasteiger charge is 2.06. The molecule has 0 saturated heterocycles. The lowest BCUT2D eigenvalue weighted by molar-refractivity contribution is 0.474. The maximum Gasteiger partial charge on any atom is 0.115 e. The van der Waals surface area contributed by atoms with Crippen molar-refractivity contribution in [1.29, 1.82) is 0 Å². The summed E-state index contributed by atoms with van der Waals surface area (Å²) in [6, 6.07) is 58.2. The lowest BCUT2D eigenvalue weighted by atomic mass is 9.97. The van der Waals surface area contributed by atoms with E-state index in [4.69, 9.17) is 15.3 Å². The average Bonchev–Trinajstić information content (AvgIpc) is 3.53. The third kappa shape index (κ3) is 29.5. The first-order valence-corrected chi connectivity index (χ1v) is 31.5. The molecule has 0 spiro atoms. The molecule has 0 fully saturated rings. The number of benzene rings is 7. The van der Waals surface area contributed by atoms with Crippen molar-refractivity contribution in [2.24, 2.45) is 0 Å². The van der Waals surface area contributed by atoms with Gasteiger partial charge >= 0.3 is 0 Å². The van der Waals surface area contributed by atoms with Crippen LogP contribution in [0.25, 0.3) is 0 Å². The van der Waals surface area contributed by atoms with Crippen molar-refractivity contribution < 1.29 is 15.3 Å². The van der Waals surface area contributed by atoms with Gasteiger partial charge in [0.15, 0.2) is 0 Å². The van der Waals surface area contributed by atoms with E-state index in [1.165, 1.54) is 86.9 Å². The molecule has 0 saturated carbocycles. The van der Waals surface area contributed by atoms with Gasteiger partial charge in [-0.2, -0.15) is 0 Å². The molecule has 7 aromatic rings. The predicted octanol–water partition coefficient (Wildman–Crippen LogP) is 23.8. The van der Waals surface area contributed by atoms with E-state index >= 15 is 0 Å². The number of aryl methyl sites for hydroxylation is 4. The molecule has 0 aliphatic carbocycles. The van der Waals surface area contributed by atoms with Gasteiger partial charge in [-0.05, 0) is 210 Å². The molecular weight excluding hydrogens is 985 g/mol. The number of phenols is 3. The minimum Gasteiger partial charge on any atom is -0.508 e. The van der Waals surface area contributed by atoms with Crippen molar-refractivity contribution in [1.82, 2.24) is 0 Å². The molecule has 7 atom stereocenters. The molecule has 3 heteroatoms. The summed E-state index contributed by atoms with van der Waals surface area (Å²) in [6.45, 7) is 39.9. The van der Waals surface area contributed by atoms with Gasteiger partial charge in [-0.1, -0.05) is 258 Å². The van der Waals surface area contributed by atoms with Crippen LogP contribution in [0.4, 0.5) is 0 Å². The molecule has 7 unspecified atom stereocenters. The third-order valence-corrected chi connectivity index (χ3v) is 16.5. The van der Waals surface area contributed by atoms with Crippen LogP contribution in [-0.4, -0.2) is 15.3 Å². The molecule has 0 radical (unpaired) electrons. The van der Waals surface area contributed by atoms with Crippen molar-refractivity contribution in [3.05, 3.63) is 231 Å². The van der Waals surface area contributed by atoms with E-state index in [-0.39, 0.29) is 0 Å². The predicted molar refractivity (Wildman–Crippen MR) is 359 cm³/mol. The van der Waals surface area contributed by atoms with Gasteiger partial charge in [0.25, 0.3) is 0 Å². The highest BCUT2D eigenvalue weighted by Crippen LogP contribution is 2.25. The molecule has 3 nitrogen and oxygen atoms in total. The number of phenolic OH excluding ortho intramolecular Hbond substituents is 3. The highest BCUT2D eigenvalue weighted by molar-refractivity contribution is 5.31. The fourth-order valence-electron chi connectivity index (χ4n) is 8.39. The molecule has 0 bridgehead atoms. The Morgan fingerprint density at radius 3 is 0.407 bits per heavy atom. The van der Waals surface area contributed by atoms with Crippen LogP contribution in [0.15, 0.2) is 170 Å². The first-order chi connectivity index (χ1) is 38.8. The second-order valence-electron chi connectivity index (χ2n) is 22.3. The van der Waals surface area contributed by atoms with Crippen molar-refractivity contribution >= 4 is 0 Å². The van der Waals surface area contributed by atoms with Gasteiger partial charge in [0.05, 0.1) is 0 Å². The first-order valence-electron chi connectivity index (χ1n) is 31.5. The number of hydrogen-bond donors (Lipinski definition) is 3. The molecule has 0 amide bonds. The molecule has 7 aromatic carbocycles. The minimum absolute atomic E-state index is 0.344. The van der Waals surface area contributed by atoms with E-state index in [0.29, 0.717) is 58.7 Å². The van der Waals surface area contributed by atoms with Gasteiger partial charge in [0.1, 0.15) is 17.2 Å². The molecule has 7 rings (SSSR count). The van der Waals surface area contributed by atoms with Gasteiger partial charge in [-0.25, -0.2) is 0 Å². The topological polar surface area (TPSA) is 60.7 Å². The van der Waals surface area contributed by atoms with Gasteiger partial charge in [-0.15, -0.1) is 0 Å². The number of hydrogen-bond acceptors (Lipinski definition) is 3. The Morgan fingerprint density at radius 1 is 0.198 bits per heavy atom. The van der Waals surface area contributed by atoms with Gasteiger partial charge < -0.3 is 15.3 Å². The van der Waals surface area contributed by atoms with Gasteiger partial charge in [-0.3, -0.25) is 0 Å². The summed E-state index contributed by atoms with van der Waals surface area (Å²) in [5.74, 6) is 5.63. The molecule has 0 aromatic heterocycles. The van der Waals surface area contributed by atoms with E-state index in [1.807, 2.05) is 36.4 Å². The zero-order valence-electron chi connectivity index (χ0n) is 54.3. The summed E-state index contributed by atoms with van der Waals surface area (Å²) in [7, 11) is 0. The Hall–Kier alpha value is -6.06. The summed E-state index contributed by atoms with van der Waals surface area (Å²) in [5, 5.41) is 27.0. The SMILES string of the molecule is CCC(C)c1ccc(O)cc1.CCC(C)c1ccc(O)cc1.CCC(C)c1ccc(O)cc1.CCc1ccc(C(C)CC)cc1.CCc1ccc(C(C)CC)cc1.CCc1ccc(C(C)CC)cc1.CCc1ccc(C(C)CC)cc1. The van der Waals surface area contributed by atoms with E-state index in [0.717, 1.165) is 44.9 Å². The maximum atomic E-state index is 9.01. The monoisotopic (exact) mass is 1100 g/mol. The molecule has 0 aliphatic heterocycles. The van der Waals surface area contributed by atoms with E-state index < -0.39 is 0 Å². The lowest BCUT2D eigenvalue weighted by Gasteiger charge is -2.08. The number of rotatable bonds is 18. The summed E-state index contributed by atoms with van der Waals surface area (Å²) in [5.41, 5.74) is 15.5. The quantitative estimate of drug-likeness (QED) is 0.0802. The van der Waals surface area contributed by atoms with Crippen LogP contribution in [0, 0.1) is 0 Å². The molecule has 444 valence electrons. The molecular formula is C78H114O3. The molecule has 0 aliphatic rings. The lowest BCUT2D eigenvalue weighted by Crippen LogP contribution is -1.91. The summed E-state index contributed by atoms with van der Waals surface area (Å²) < 4.78 is 0. The second kappa shape index (κ2) is 42.7. The number of aromatic hydroxyl groups is 3. The largest absolute Gasteiger partial charge is 0.508 e. The van der Waals surface area contributed by atoms with Crippen LogP contribution in [0.5, 0.6) is 17.2 Å². The Morgan fingerprint density at radius 2 is 0.309 bits per heavy atom. The smallest absolute Gasteiger partial charge is 0.115 e. The maximum absolute atomic E-state index is 9.01. The van der Waals surface area contributed by atoms with E-state index in [9.17, 15) is 0 Å². The van der Waals surface area contributed by atoms with Crippen LogP contribution in [0.2, 0.25) is 0 Å². The molecule has 3 N–H and O–H groups in total.